The number of furan rings is 1. The van der Waals surface area contributed by atoms with E-state index in [2.05, 4.69) is 16.6 Å². The minimum absolute atomic E-state index is 0.000849. The lowest BCUT2D eigenvalue weighted by Crippen LogP contribution is -2.30. The van der Waals surface area contributed by atoms with Crippen LogP contribution in [-0.2, 0) is 16.1 Å². The summed E-state index contributed by atoms with van der Waals surface area (Å²) < 4.78 is 15.3. The lowest BCUT2D eigenvalue weighted by molar-refractivity contribution is -0.123. The van der Waals surface area contributed by atoms with E-state index in [9.17, 15) is 14.4 Å². The molecule has 1 aromatic heterocycles. The van der Waals surface area contributed by atoms with Crippen molar-refractivity contribution in [2.75, 3.05) is 13.7 Å². The summed E-state index contributed by atoms with van der Waals surface area (Å²) in [5.74, 6) is -0.171. The van der Waals surface area contributed by atoms with Crippen molar-refractivity contribution in [2.45, 2.75) is 6.54 Å². The molecular formula is C20H18N2O6. The average molecular weight is 382 g/mol. The Morgan fingerprint density at radius 1 is 1.21 bits per heavy atom. The van der Waals surface area contributed by atoms with Gasteiger partial charge in [0.1, 0.15) is 23.8 Å². The topological polar surface area (TPSA) is 98.1 Å². The molecule has 1 aromatic carbocycles. The molecule has 28 heavy (non-hydrogen) atoms. The van der Waals surface area contributed by atoms with Crippen LogP contribution in [-0.4, -0.2) is 36.5 Å². The van der Waals surface area contributed by atoms with Gasteiger partial charge in [0, 0.05) is 0 Å². The number of hydrogen-bond acceptors (Lipinski definition) is 6. The van der Waals surface area contributed by atoms with Crippen LogP contribution < -0.4 is 10.1 Å². The molecule has 0 spiro atoms. The molecule has 0 unspecified atom stereocenters. The molecule has 1 saturated heterocycles. The number of ether oxygens (including phenoxy) is 2. The molecule has 1 fully saturated rings. The molecule has 0 bridgehead atoms. The van der Waals surface area contributed by atoms with E-state index in [4.69, 9.17) is 9.15 Å². The Bertz CT molecular complexity index is 942. The molecule has 0 atom stereocenters. The molecule has 1 aliphatic heterocycles. The molecule has 0 aliphatic carbocycles. The Morgan fingerprint density at radius 2 is 1.96 bits per heavy atom. The number of esters is 1. The molecule has 2 heterocycles. The Balaban J connectivity index is 1.70. The quantitative estimate of drug-likeness (QED) is 0.342. The van der Waals surface area contributed by atoms with Crippen LogP contribution in [0.15, 0.2) is 59.2 Å². The molecule has 1 N–H and O–H groups in total. The number of imide groups is 1. The second-order valence-electron chi connectivity index (χ2n) is 5.81. The third-order valence-corrected chi connectivity index (χ3v) is 3.88. The number of amides is 3. The zero-order valence-corrected chi connectivity index (χ0v) is 15.1. The molecule has 0 radical (unpaired) electrons. The predicted molar refractivity (Wildman–Crippen MR) is 99.2 cm³/mol. The van der Waals surface area contributed by atoms with E-state index in [0.717, 1.165) is 10.5 Å². The predicted octanol–water partition coefficient (Wildman–Crippen LogP) is 2.72. The van der Waals surface area contributed by atoms with Crippen LogP contribution >= 0.6 is 0 Å². The summed E-state index contributed by atoms with van der Waals surface area (Å²) in [6, 6.07) is 9.41. The smallest absolute Gasteiger partial charge is 0.373 e. The zero-order valence-electron chi connectivity index (χ0n) is 15.1. The first-order valence-corrected chi connectivity index (χ1v) is 8.37. The lowest BCUT2D eigenvalue weighted by atomic mass is 10.2. The van der Waals surface area contributed by atoms with Gasteiger partial charge in [0.25, 0.3) is 5.91 Å². The van der Waals surface area contributed by atoms with Crippen LogP contribution in [0.5, 0.6) is 5.75 Å². The minimum Gasteiger partial charge on any atom is -0.490 e. The minimum atomic E-state index is -0.635. The van der Waals surface area contributed by atoms with Crippen molar-refractivity contribution in [2.24, 2.45) is 0 Å². The van der Waals surface area contributed by atoms with E-state index in [1.54, 1.807) is 36.4 Å². The van der Waals surface area contributed by atoms with Gasteiger partial charge in [-0.25, -0.2) is 9.59 Å². The number of carbonyl (C=O) groups is 3. The van der Waals surface area contributed by atoms with Crippen molar-refractivity contribution < 1.29 is 28.3 Å². The van der Waals surface area contributed by atoms with Crippen LogP contribution in [0.3, 0.4) is 0 Å². The van der Waals surface area contributed by atoms with E-state index < -0.39 is 17.9 Å². The summed E-state index contributed by atoms with van der Waals surface area (Å²) in [4.78, 5) is 37.1. The summed E-state index contributed by atoms with van der Waals surface area (Å²) >= 11 is 0. The normalized spacial score (nSPS) is 14.9. The molecule has 144 valence electrons. The molecule has 8 heteroatoms. The molecule has 3 rings (SSSR count). The van der Waals surface area contributed by atoms with Crippen molar-refractivity contribution in [3.63, 3.8) is 0 Å². The first-order chi connectivity index (χ1) is 13.5. The van der Waals surface area contributed by atoms with Crippen LogP contribution in [0.2, 0.25) is 0 Å². The van der Waals surface area contributed by atoms with E-state index >= 15 is 0 Å². The van der Waals surface area contributed by atoms with Gasteiger partial charge in [-0.2, -0.15) is 0 Å². The van der Waals surface area contributed by atoms with Crippen LogP contribution in [0, 0.1) is 0 Å². The Kier molecular flexibility index (Phi) is 5.59. The highest BCUT2D eigenvalue weighted by molar-refractivity contribution is 6.13. The fraction of sp³-hybridized carbons (Fsp3) is 0.150. The van der Waals surface area contributed by atoms with Crippen LogP contribution in [0.25, 0.3) is 6.08 Å². The highest BCUT2D eigenvalue weighted by Gasteiger charge is 2.34. The van der Waals surface area contributed by atoms with Gasteiger partial charge in [0.2, 0.25) is 5.76 Å². The van der Waals surface area contributed by atoms with Crippen molar-refractivity contribution in [1.82, 2.24) is 10.2 Å². The van der Waals surface area contributed by atoms with Gasteiger partial charge in [-0.3, -0.25) is 9.69 Å². The molecule has 0 saturated carbocycles. The largest absolute Gasteiger partial charge is 0.490 e. The maximum absolute atomic E-state index is 12.5. The fourth-order valence-corrected chi connectivity index (χ4v) is 2.53. The monoisotopic (exact) mass is 382 g/mol. The van der Waals surface area contributed by atoms with E-state index in [1.165, 1.54) is 19.2 Å². The molecule has 1 aliphatic rings. The Hall–Kier alpha value is -3.81. The summed E-state index contributed by atoms with van der Waals surface area (Å²) in [6.45, 7) is 3.88. The highest BCUT2D eigenvalue weighted by Crippen LogP contribution is 2.20. The second kappa shape index (κ2) is 8.26. The molecule has 8 nitrogen and oxygen atoms in total. The van der Waals surface area contributed by atoms with Gasteiger partial charge in [-0.1, -0.05) is 24.8 Å². The number of hydrogen-bond donors (Lipinski definition) is 1. The zero-order chi connectivity index (χ0) is 20.1. The van der Waals surface area contributed by atoms with E-state index in [1.807, 2.05) is 0 Å². The lowest BCUT2D eigenvalue weighted by Gasteiger charge is -2.09. The fourth-order valence-electron chi connectivity index (χ4n) is 2.53. The van der Waals surface area contributed by atoms with Gasteiger partial charge in [0.05, 0.1) is 13.7 Å². The van der Waals surface area contributed by atoms with Crippen molar-refractivity contribution >= 4 is 24.0 Å². The van der Waals surface area contributed by atoms with Gasteiger partial charge in [-0.15, -0.1) is 0 Å². The number of carbonyl (C=O) groups excluding carboxylic acids is 3. The molecule has 3 amide bonds. The van der Waals surface area contributed by atoms with E-state index in [-0.39, 0.29) is 23.8 Å². The second-order valence-corrected chi connectivity index (χ2v) is 5.81. The number of nitrogens with one attached hydrogen (secondary N) is 1. The number of rotatable bonds is 7. The third kappa shape index (κ3) is 4.12. The van der Waals surface area contributed by atoms with Crippen molar-refractivity contribution in [3.8, 4) is 5.75 Å². The molecular weight excluding hydrogens is 364 g/mol. The van der Waals surface area contributed by atoms with Gasteiger partial charge in [0.15, 0.2) is 0 Å². The maximum Gasteiger partial charge on any atom is 0.373 e. The number of methoxy groups -OCH3 is 1. The Morgan fingerprint density at radius 3 is 2.64 bits per heavy atom. The summed E-state index contributed by atoms with van der Waals surface area (Å²) in [6.07, 6.45) is 3.21. The summed E-state index contributed by atoms with van der Waals surface area (Å²) in [5, 5.41) is 2.53. The first-order valence-electron chi connectivity index (χ1n) is 8.37. The van der Waals surface area contributed by atoms with E-state index in [0.29, 0.717) is 12.4 Å². The third-order valence-electron chi connectivity index (χ3n) is 3.88. The first kappa shape index (κ1) is 19.0. The van der Waals surface area contributed by atoms with Crippen LogP contribution in [0.1, 0.15) is 21.9 Å². The van der Waals surface area contributed by atoms with Gasteiger partial charge < -0.3 is 19.2 Å². The van der Waals surface area contributed by atoms with Crippen molar-refractivity contribution in [1.29, 1.82) is 0 Å². The highest BCUT2D eigenvalue weighted by atomic mass is 16.5. The maximum atomic E-state index is 12.5. The number of nitrogens with zero attached hydrogens (tertiary/aromatic N) is 1. The average Bonchev–Trinajstić information content (AvgIpc) is 3.27. The SMILES string of the molecule is C=CCOc1ccc(/C=C2\NC(=O)N(Cc3ccc(C(=O)OC)o3)C2=O)cc1. The Labute approximate surface area is 161 Å². The molecule has 2 aromatic rings. The van der Waals surface area contributed by atoms with Crippen LogP contribution in [0.4, 0.5) is 4.79 Å². The van der Waals surface area contributed by atoms with Gasteiger partial charge in [-0.05, 0) is 35.9 Å². The van der Waals surface area contributed by atoms with Gasteiger partial charge >= 0.3 is 12.0 Å². The summed E-state index contributed by atoms with van der Waals surface area (Å²) in [5.41, 5.74) is 0.868. The number of urea groups is 1. The summed E-state index contributed by atoms with van der Waals surface area (Å²) in [7, 11) is 1.23. The standard InChI is InChI=1S/C20H18N2O6/c1-3-10-27-14-6-4-13(5-7-14)11-16-18(23)22(20(25)21-16)12-15-8-9-17(28-15)19(24)26-2/h3-9,11H,1,10,12H2,2H3,(H,21,25)/b16-11-. The number of benzene rings is 1. The van der Waals surface area contributed by atoms with Crippen molar-refractivity contribution in [3.05, 3.63) is 71.8 Å².